The molecule has 1 aromatic heterocycles. The number of benzene rings is 1. The number of amides is 1. The number of carbonyl (C=O) groups excluding carboxylic acids is 2. The van der Waals surface area contributed by atoms with E-state index in [9.17, 15) is 9.59 Å². The Kier molecular flexibility index (Phi) is 5.68. The van der Waals surface area contributed by atoms with E-state index in [0.717, 1.165) is 29.8 Å². The Bertz CT molecular complexity index is 832. The Morgan fingerprint density at radius 2 is 1.81 bits per heavy atom. The van der Waals surface area contributed by atoms with Crippen molar-refractivity contribution < 1.29 is 14.3 Å². The second-order valence-corrected chi connectivity index (χ2v) is 7.33. The molecule has 5 nitrogen and oxygen atoms in total. The van der Waals surface area contributed by atoms with Gasteiger partial charge < -0.3 is 14.2 Å². The van der Waals surface area contributed by atoms with Gasteiger partial charge in [-0.05, 0) is 52.2 Å². The number of hydrogen-bond acceptors (Lipinski definition) is 3. The first-order valence-electron chi connectivity index (χ1n) is 9.59. The molecule has 0 aliphatic heterocycles. The van der Waals surface area contributed by atoms with E-state index in [0.29, 0.717) is 24.8 Å². The maximum absolute atomic E-state index is 13.1. The molecule has 2 aromatic rings. The lowest BCUT2D eigenvalue weighted by molar-refractivity contribution is -0.133. The third-order valence-corrected chi connectivity index (χ3v) is 5.14. The smallest absolute Gasteiger partial charge is 0.339 e. The van der Waals surface area contributed by atoms with Gasteiger partial charge in [-0.2, -0.15) is 0 Å². The van der Waals surface area contributed by atoms with Crippen molar-refractivity contribution in [3.05, 3.63) is 58.4 Å². The van der Waals surface area contributed by atoms with Crippen molar-refractivity contribution in [3.8, 4) is 0 Å². The zero-order valence-corrected chi connectivity index (χ0v) is 16.6. The van der Waals surface area contributed by atoms with Crippen LogP contribution in [0.5, 0.6) is 0 Å². The molecular formula is C22H28N2O3. The summed E-state index contributed by atoms with van der Waals surface area (Å²) in [6.07, 6.45) is 2.13. The SMILES string of the molecule is CCOC(=O)c1cc(C)n(CC(=O)N(Cc2ccc(C)cc2)C2CC2)c1C. The lowest BCUT2D eigenvalue weighted by Gasteiger charge is -2.24. The molecule has 1 fully saturated rings. The molecule has 0 saturated heterocycles. The molecule has 1 aliphatic carbocycles. The maximum Gasteiger partial charge on any atom is 0.339 e. The van der Waals surface area contributed by atoms with Gasteiger partial charge in [0.05, 0.1) is 12.2 Å². The van der Waals surface area contributed by atoms with Crippen LogP contribution >= 0.6 is 0 Å². The summed E-state index contributed by atoms with van der Waals surface area (Å²) in [6.45, 7) is 8.87. The minimum Gasteiger partial charge on any atom is -0.462 e. The average molecular weight is 368 g/mol. The van der Waals surface area contributed by atoms with Crippen LogP contribution in [0.2, 0.25) is 0 Å². The number of aryl methyl sites for hydroxylation is 2. The van der Waals surface area contributed by atoms with E-state index >= 15 is 0 Å². The third kappa shape index (κ3) is 4.41. The summed E-state index contributed by atoms with van der Waals surface area (Å²) < 4.78 is 7.03. The molecule has 5 heteroatoms. The van der Waals surface area contributed by atoms with Gasteiger partial charge >= 0.3 is 5.97 Å². The number of rotatable bonds is 7. The number of nitrogens with zero attached hydrogens (tertiary/aromatic N) is 2. The van der Waals surface area contributed by atoms with Gasteiger partial charge in [-0.15, -0.1) is 0 Å². The minimum atomic E-state index is -0.331. The van der Waals surface area contributed by atoms with Crippen LogP contribution in [-0.2, 0) is 22.6 Å². The zero-order valence-electron chi connectivity index (χ0n) is 16.6. The molecule has 0 atom stereocenters. The average Bonchev–Trinajstić information content (AvgIpc) is 3.43. The normalized spacial score (nSPS) is 13.5. The summed E-state index contributed by atoms with van der Waals surface area (Å²) >= 11 is 0. The van der Waals surface area contributed by atoms with E-state index in [1.807, 2.05) is 29.4 Å². The molecule has 1 heterocycles. The van der Waals surface area contributed by atoms with Gasteiger partial charge in [0, 0.05) is 24.0 Å². The molecule has 1 amide bonds. The highest BCUT2D eigenvalue weighted by molar-refractivity contribution is 5.91. The van der Waals surface area contributed by atoms with Crippen molar-refractivity contribution in [2.24, 2.45) is 0 Å². The molecule has 0 radical (unpaired) electrons. The predicted molar refractivity (Wildman–Crippen MR) is 105 cm³/mol. The quantitative estimate of drug-likeness (QED) is 0.699. The third-order valence-electron chi connectivity index (χ3n) is 5.14. The van der Waals surface area contributed by atoms with Crippen molar-refractivity contribution in [2.75, 3.05) is 6.61 Å². The van der Waals surface area contributed by atoms with Crippen LogP contribution in [0.1, 0.15) is 52.6 Å². The highest BCUT2D eigenvalue weighted by Gasteiger charge is 2.33. The lowest BCUT2D eigenvalue weighted by Crippen LogP contribution is -2.35. The Morgan fingerprint density at radius 3 is 2.41 bits per heavy atom. The highest BCUT2D eigenvalue weighted by atomic mass is 16.5. The van der Waals surface area contributed by atoms with Gasteiger partial charge in [0.2, 0.25) is 5.91 Å². The van der Waals surface area contributed by atoms with Crippen molar-refractivity contribution in [1.82, 2.24) is 9.47 Å². The summed E-state index contributed by atoms with van der Waals surface area (Å²) in [5, 5.41) is 0. The van der Waals surface area contributed by atoms with Crippen molar-refractivity contribution in [1.29, 1.82) is 0 Å². The summed E-state index contributed by atoms with van der Waals surface area (Å²) in [4.78, 5) is 27.2. The molecule has 0 unspecified atom stereocenters. The molecule has 0 bridgehead atoms. The fraction of sp³-hybridized carbons (Fsp3) is 0.455. The molecule has 0 spiro atoms. The second-order valence-electron chi connectivity index (χ2n) is 7.33. The van der Waals surface area contributed by atoms with Gasteiger partial charge in [0.1, 0.15) is 6.54 Å². The number of ether oxygens (including phenoxy) is 1. The molecule has 1 aromatic carbocycles. The van der Waals surface area contributed by atoms with Gasteiger partial charge in [0.25, 0.3) is 0 Å². The monoisotopic (exact) mass is 368 g/mol. The van der Waals surface area contributed by atoms with Gasteiger partial charge in [-0.25, -0.2) is 4.79 Å². The number of hydrogen-bond donors (Lipinski definition) is 0. The Labute approximate surface area is 160 Å². The van der Waals surface area contributed by atoms with E-state index in [4.69, 9.17) is 4.74 Å². The zero-order chi connectivity index (χ0) is 19.6. The van der Waals surface area contributed by atoms with Crippen LogP contribution in [0.15, 0.2) is 30.3 Å². The molecule has 144 valence electrons. The number of aromatic nitrogens is 1. The first-order valence-corrected chi connectivity index (χ1v) is 9.59. The van der Waals surface area contributed by atoms with Gasteiger partial charge in [-0.3, -0.25) is 4.79 Å². The van der Waals surface area contributed by atoms with Crippen LogP contribution in [0.25, 0.3) is 0 Å². The standard InChI is InChI=1S/C22H28N2O3/c1-5-27-22(26)20-12-16(3)23(17(20)4)14-21(25)24(19-10-11-19)13-18-8-6-15(2)7-9-18/h6-9,12,19H,5,10-11,13-14H2,1-4H3. The highest BCUT2D eigenvalue weighted by Crippen LogP contribution is 2.29. The van der Waals surface area contributed by atoms with Crippen LogP contribution in [0, 0.1) is 20.8 Å². The topological polar surface area (TPSA) is 51.5 Å². The predicted octanol–water partition coefficient (Wildman–Crippen LogP) is 3.78. The first-order chi connectivity index (χ1) is 12.9. The van der Waals surface area contributed by atoms with E-state index in [-0.39, 0.29) is 18.4 Å². The van der Waals surface area contributed by atoms with Crippen LogP contribution in [0.4, 0.5) is 0 Å². The summed E-state index contributed by atoms with van der Waals surface area (Å²) in [5.41, 5.74) is 4.58. The van der Waals surface area contributed by atoms with E-state index < -0.39 is 0 Å². The molecule has 1 aliphatic rings. The second kappa shape index (κ2) is 7.99. The Balaban J connectivity index is 1.76. The first kappa shape index (κ1) is 19.2. The fourth-order valence-electron chi connectivity index (χ4n) is 3.38. The maximum atomic E-state index is 13.1. The molecule has 3 rings (SSSR count). The lowest BCUT2D eigenvalue weighted by atomic mass is 10.1. The Morgan fingerprint density at radius 1 is 1.15 bits per heavy atom. The molecule has 0 N–H and O–H groups in total. The molecular weight excluding hydrogens is 340 g/mol. The number of esters is 1. The van der Waals surface area contributed by atoms with Crippen molar-refractivity contribution >= 4 is 11.9 Å². The summed E-state index contributed by atoms with van der Waals surface area (Å²) in [7, 11) is 0. The van der Waals surface area contributed by atoms with Crippen molar-refractivity contribution in [3.63, 3.8) is 0 Å². The van der Waals surface area contributed by atoms with E-state index in [1.165, 1.54) is 5.56 Å². The van der Waals surface area contributed by atoms with Gasteiger partial charge in [0.15, 0.2) is 0 Å². The van der Waals surface area contributed by atoms with Crippen molar-refractivity contribution in [2.45, 2.75) is 59.7 Å². The summed E-state index contributed by atoms with van der Waals surface area (Å²) in [5.74, 6) is -0.238. The number of carbonyl (C=O) groups is 2. The minimum absolute atomic E-state index is 0.0929. The van der Waals surface area contributed by atoms with Crippen LogP contribution < -0.4 is 0 Å². The van der Waals surface area contributed by atoms with Crippen LogP contribution in [0.3, 0.4) is 0 Å². The Hall–Kier alpha value is -2.56. The van der Waals surface area contributed by atoms with Crippen LogP contribution in [-0.4, -0.2) is 34.0 Å². The largest absolute Gasteiger partial charge is 0.462 e. The fourth-order valence-corrected chi connectivity index (χ4v) is 3.38. The van der Waals surface area contributed by atoms with E-state index in [1.54, 1.807) is 6.92 Å². The molecule has 1 saturated carbocycles. The van der Waals surface area contributed by atoms with Gasteiger partial charge in [-0.1, -0.05) is 29.8 Å². The summed E-state index contributed by atoms with van der Waals surface area (Å²) in [6, 6.07) is 10.5. The van der Waals surface area contributed by atoms with E-state index in [2.05, 4.69) is 31.2 Å². The molecule has 27 heavy (non-hydrogen) atoms.